The average molecular weight is 199 g/mol. The third kappa shape index (κ3) is 2.01. The summed E-state index contributed by atoms with van der Waals surface area (Å²) in [5, 5.41) is 3.11. The van der Waals surface area contributed by atoms with Gasteiger partial charge in [0.2, 0.25) is 0 Å². The van der Waals surface area contributed by atoms with E-state index in [2.05, 4.69) is 5.32 Å². The van der Waals surface area contributed by atoms with E-state index in [-0.39, 0.29) is 11.8 Å². The molecule has 1 atom stereocenters. The van der Waals surface area contributed by atoms with E-state index >= 15 is 0 Å². The summed E-state index contributed by atoms with van der Waals surface area (Å²) in [5.74, 6) is -1.02. The van der Waals surface area contributed by atoms with Crippen molar-refractivity contribution in [1.82, 2.24) is 5.32 Å². The van der Waals surface area contributed by atoms with Crippen LogP contribution in [0.4, 0.5) is 8.78 Å². The molecule has 2 nitrogen and oxygen atoms in total. The van der Waals surface area contributed by atoms with Gasteiger partial charge in [-0.25, -0.2) is 8.78 Å². The Hall–Kier alpha value is -1.16. The molecule has 1 N–H and O–H groups in total. The van der Waals surface area contributed by atoms with E-state index in [1.54, 1.807) is 0 Å². The summed E-state index contributed by atoms with van der Waals surface area (Å²) in [4.78, 5) is 0. The summed E-state index contributed by atoms with van der Waals surface area (Å²) in [6.45, 7) is 1.36. The fourth-order valence-electron chi connectivity index (χ4n) is 1.27. The van der Waals surface area contributed by atoms with Gasteiger partial charge in [-0.1, -0.05) is 0 Å². The molecule has 0 radical (unpaired) electrons. The molecule has 0 aliphatic carbocycles. The van der Waals surface area contributed by atoms with Crippen LogP contribution in [0.1, 0.15) is 6.42 Å². The first-order chi connectivity index (χ1) is 6.75. The van der Waals surface area contributed by atoms with Gasteiger partial charge in [-0.05, 0) is 25.1 Å². The Kier molecular flexibility index (Phi) is 2.63. The topological polar surface area (TPSA) is 21.3 Å². The van der Waals surface area contributed by atoms with Gasteiger partial charge in [-0.3, -0.25) is 0 Å². The molecule has 0 saturated carbocycles. The number of rotatable bonds is 3. The average Bonchev–Trinajstić information content (AvgIpc) is 2.08. The third-order valence-electron chi connectivity index (χ3n) is 2.26. The van der Waals surface area contributed by atoms with Crippen LogP contribution >= 0.6 is 0 Å². The molecule has 1 aromatic rings. The first-order valence-electron chi connectivity index (χ1n) is 4.57. The Morgan fingerprint density at radius 3 is 2.86 bits per heavy atom. The fourth-order valence-corrected chi connectivity index (χ4v) is 1.27. The minimum absolute atomic E-state index is 0.0151. The molecule has 2 rings (SSSR count). The van der Waals surface area contributed by atoms with Gasteiger partial charge >= 0.3 is 0 Å². The van der Waals surface area contributed by atoms with Crippen LogP contribution in [0, 0.1) is 11.6 Å². The lowest BCUT2D eigenvalue weighted by Gasteiger charge is -2.27. The zero-order valence-corrected chi connectivity index (χ0v) is 7.59. The van der Waals surface area contributed by atoms with Crippen molar-refractivity contribution in [3.8, 4) is 5.75 Å². The van der Waals surface area contributed by atoms with E-state index in [9.17, 15) is 8.78 Å². The highest BCUT2D eigenvalue weighted by Crippen LogP contribution is 2.18. The summed E-state index contributed by atoms with van der Waals surface area (Å²) in [5.41, 5.74) is 0. The van der Waals surface area contributed by atoms with E-state index in [1.165, 1.54) is 0 Å². The predicted molar refractivity (Wildman–Crippen MR) is 48.3 cm³/mol. The highest BCUT2D eigenvalue weighted by atomic mass is 19.1. The van der Waals surface area contributed by atoms with Crippen LogP contribution in [0.25, 0.3) is 0 Å². The van der Waals surface area contributed by atoms with Crippen LogP contribution in [0.15, 0.2) is 18.2 Å². The molecule has 1 aromatic carbocycles. The van der Waals surface area contributed by atoms with Crippen LogP contribution in [-0.2, 0) is 0 Å². The summed E-state index contributed by atoms with van der Waals surface area (Å²) < 4.78 is 30.9. The predicted octanol–water partition coefficient (Wildman–Crippen LogP) is 1.71. The van der Waals surface area contributed by atoms with Crippen molar-refractivity contribution in [2.45, 2.75) is 12.5 Å². The van der Waals surface area contributed by atoms with Crippen molar-refractivity contribution in [2.75, 3.05) is 13.2 Å². The van der Waals surface area contributed by atoms with Gasteiger partial charge in [0, 0.05) is 12.1 Å². The lowest BCUT2D eigenvalue weighted by molar-refractivity contribution is 0.210. The second-order valence-corrected chi connectivity index (χ2v) is 3.33. The number of ether oxygens (including phenoxy) is 1. The molecule has 14 heavy (non-hydrogen) atoms. The van der Waals surface area contributed by atoms with E-state index in [0.717, 1.165) is 31.2 Å². The van der Waals surface area contributed by atoms with Gasteiger partial charge in [0.25, 0.3) is 0 Å². The summed E-state index contributed by atoms with van der Waals surface area (Å²) >= 11 is 0. The standard InChI is InChI=1S/C10H11F2NO/c11-7-1-2-9(12)10(5-7)14-6-8-3-4-13-8/h1-2,5,8,13H,3-4,6H2. The van der Waals surface area contributed by atoms with Crippen LogP contribution in [0.5, 0.6) is 5.75 Å². The molecule has 4 heteroatoms. The van der Waals surface area contributed by atoms with E-state index in [4.69, 9.17) is 4.74 Å². The third-order valence-corrected chi connectivity index (χ3v) is 2.26. The number of hydrogen-bond acceptors (Lipinski definition) is 2. The quantitative estimate of drug-likeness (QED) is 0.800. The molecular weight excluding hydrogens is 188 g/mol. The molecule has 1 aliphatic heterocycles. The normalized spacial score (nSPS) is 20.3. The van der Waals surface area contributed by atoms with Gasteiger partial charge in [0.15, 0.2) is 11.6 Å². The monoisotopic (exact) mass is 199 g/mol. The highest BCUT2D eigenvalue weighted by molar-refractivity contribution is 5.24. The van der Waals surface area contributed by atoms with E-state index < -0.39 is 11.6 Å². The second-order valence-electron chi connectivity index (χ2n) is 3.33. The Morgan fingerprint density at radius 1 is 1.43 bits per heavy atom. The number of nitrogens with one attached hydrogen (secondary N) is 1. The molecule has 0 aromatic heterocycles. The van der Waals surface area contributed by atoms with Gasteiger partial charge in [0.1, 0.15) is 12.4 Å². The Bertz CT molecular complexity index is 326. The maximum absolute atomic E-state index is 13.0. The molecule has 76 valence electrons. The molecule has 0 spiro atoms. The van der Waals surface area contributed by atoms with Crippen molar-refractivity contribution < 1.29 is 13.5 Å². The van der Waals surface area contributed by atoms with Crippen molar-refractivity contribution in [3.05, 3.63) is 29.8 Å². The lowest BCUT2D eigenvalue weighted by atomic mass is 10.1. The second kappa shape index (κ2) is 3.92. The van der Waals surface area contributed by atoms with Crippen LogP contribution in [0.2, 0.25) is 0 Å². The van der Waals surface area contributed by atoms with Gasteiger partial charge < -0.3 is 10.1 Å². The smallest absolute Gasteiger partial charge is 0.165 e. The molecule has 0 bridgehead atoms. The highest BCUT2D eigenvalue weighted by Gasteiger charge is 2.17. The molecule has 1 unspecified atom stereocenters. The lowest BCUT2D eigenvalue weighted by Crippen LogP contribution is -2.46. The van der Waals surface area contributed by atoms with E-state index in [0.29, 0.717) is 6.61 Å². The summed E-state index contributed by atoms with van der Waals surface area (Å²) in [6.07, 6.45) is 1.02. The molecule has 1 heterocycles. The van der Waals surface area contributed by atoms with Crippen molar-refractivity contribution in [3.63, 3.8) is 0 Å². The Balaban J connectivity index is 1.96. The zero-order valence-electron chi connectivity index (χ0n) is 7.59. The Labute approximate surface area is 80.9 Å². The van der Waals surface area contributed by atoms with Crippen LogP contribution in [0.3, 0.4) is 0 Å². The summed E-state index contributed by atoms with van der Waals surface area (Å²) in [6, 6.07) is 3.48. The SMILES string of the molecule is Fc1ccc(F)c(OCC2CCN2)c1. The molecule has 0 amide bonds. The van der Waals surface area contributed by atoms with Crippen molar-refractivity contribution >= 4 is 0 Å². The molecule has 1 saturated heterocycles. The first-order valence-corrected chi connectivity index (χ1v) is 4.57. The largest absolute Gasteiger partial charge is 0.489 e. The minimum atomic E-state index is -0.522. The minimum Gasteiger partial charge on any atom is -0.489 e. The van der Waals surface area contributed by atoms with Crippen LogP contribution < -0.4 is 10.1 Å². The van der Waals surface area contributed by atoms with Gasteiger partial charge in [-0.15, -0.1) is 0 Å². The van der Waals surface area contributed by atoms with Gasteiger partial charge in [-0.2, -0.15) is 0 Å². The maximum Gasteiger partial charge on any atom is 0.165 e. The molecule has 1 aliphatic rings. The first kappa shape index (κ1) is 9.40. The number of halogens is 2. The van der Waals surface area contributed by atoms with E-state index in [1.807, 2.05) is 0 Å². The fraction of sp³-hybridized carbons (Fsp3) is 0.400. The maximum atomic E-state index is 13.0. The zero-order chi connectivity index (χ0) is 9.97. The van der Waals surface area contributed by atoms with Crippen molar-refractivity contribution in [1.29, 1.82) is 0 Å². The Morgan fingerprint density at radius 2 is 2.21 bits per heavy atom. The van der Waals surface area contributed by atoms with Crippen molar-refractivity contribution in [2.24, 2.45) is 0 Å². The van der Waals surface area contributed by atoms with Gasteiger partial charge in [0.05, 0.1) is 0 Å². The molecular formula is C10H11F2NO. The number of hydrogen-bond donors (Lipinski definition) is 1. The van der Waals surface area contributed by atoms with Crippen LogP contribution in [-0.4, -0.2) is 19.2 Å². The molecule has 1 fully saturated rings. The summed E-state index contributed by atoms with van der Waals surface area (Å²) in [7, 11) is 0. The number of benzene rings is 1.